The first kappa shape index (κ1) is 25.9. The number of rotatable bonds is 11. The monoisotopic (exact) mass is 478 g/mol. The van der Waals surface area contributed by atoms with Crippen molar-refractivity contribution in [3.05, 3.63) is 83.3 Å². The maximum atomic E-state index is 13.9. The van der Waals surface area contributed by atoms with Crippen molar-refractivity contribution in [1.82, 2.24) is 10.2 Å². The number of hydrogen-bond donors (Lipinski definition) is 1. The molecule has 0 bridgehead atoms. The van der Waals surface area contributed by atoms with E-state index in [1.165, 1.54) is 19.1 Å². The number of amides is 2. The number of nitrogens with one attached hydrogen (secondary N) is 1. The van der Waals surface area contributed by atoms with Crippen LogP contribution in [-0.2, 0) is 11.3 Å². The summed E-state index contributed by atoms with van der Waals surface area (Å²) in [6.07, 6.45) is 2.39. The van der Waals surface area contributed by atoms with Crippen LogP contribution in [0.5, 0.6) is 11.5 Å². The Morgan fingerprint density at radius 2 is 1.71 bits per heavy atom. The van der Waals surface area contributed by atoms with Gasteiger partial charge >= 0.3 is 0 Å². The highest BCUT2D eigenvalue weighted by Crippen LogP contribution is 2.31. The molecule has 2 amide bonds. The van der Waals surface area contributed by atoms with Crippen LogP contribution in [0.2, 0.25) is 0 Å². The van der Waals surface area contributed by atoms with Crippen molar-refractivity contribution in [2.45, 2.75) is 39.8 Å². The number of benzene rings is 2. The number of methoxy groups -OCH3 is 2. The lowest BCUT2D eigenvalue weighted by atomic mass is 10.0. The summed E-state index contributed by atoms with van der Waals surface area (Å²) in [6.45, 7) is 6.84. The SMILES string of the molecule is COc1ccc(C(=O)N(Cc2ccco2)[C@H](C(=O)NCCC(C)C)c2ccc(C)cc2)cc1OC. The zero-order valence-electron chi connectivity index (χ0n) is 21.0. The predicted octanol–water partition coefficient (Wildman–Crippen LogP) is 5.15. The molecule has 1 N–H and O–H groups in total. The molecule has 0 unspecified atom stereocenters. The molecule has 0 spiro atoms. The van der Waals surface area contributed by atoms with E-state index in [-0.39, 0.29) is 18.4 Å². The highest BCUT2D eigenvalue weighted by atomic mass is 16.5. The fourth-order valence-corrected chi connectivity index (χ4v) is 3.79. The third kappa shape index (κ3) is 6.66. The fraction of sp³-hybridized carbons (Fsp3) is 0.357. The van der Waals surface area contributed by atoms with Gasteiger partial charge in [0.2, 0.25) is 5.91 Å². The number of hydrogen-bond acceptors (Lipinski definition) is 5. The van der Waals surface area contributed by atoms with Gasteiger partial charge in [-0.25, -0.2) is 0 Å². The lowest BCUT2D eigenvalue weighted by Gasteiger charge is -2.31. The largest absolute Gasteiger partial charge is 0.493 e. The molecule has 0 saturated heterocycles. The van der Waals surface area contributed by atoms with Gasteiger partial charge in [-0.05, 0) is 55.2 Å². The van der Waals surface area contributed by atoms with E-state index in [1.54, 1.807) is 36.6 Å². The predicted molar refractivity (Wildman–Crippen MR) is 135 cm³/mol. The molecule has 0 radical (unpaired) electrons. The van der Waals surface area contributed by atoms with Gasteiger partial charge in [0.15, 0.2) is 11.5 Å². The van der Waals surface area contributed by atoms with Gasteiger partial charge in [-0.3, -0.25) is 9.59 Å². The van der Waals surface area contributed by atoms with Crippen LogP contribution >= 0.6 is 0 Å². The van der Waals surface area contributed by atoms with Crippen molar-refractivity contribution in [2.75, 3.05) is 20.8 Å². The van der Waals surface area contributed by atoms with Gasteiger partial charge in [0.25, 0.3) is 5.91 Å². The molecule has 2 aromatic carbocycles. The molecule has 3 rings (SSSR count). The average Bonchev–Trinajstić information content (AvgIpc) is 3.37. The molecular formula is C28H34N2O5. The second kappa shape index (κ2) is 12.1. The number of carbonyl (C=O) groups is 2. The van der Waals surface area contributed by atoms with Gasteiger partial charge in [-0.2, -0.15) is 0 Å². The van der Waals surface area contributed by atoms with Crippen molar-refractivity contribution in [3.8, 4) is 11.5 Å². The standard InChI is InChI=1S/C28H34N2O5/c1-19(2)14-15-29-27(31)26(21-10-8-20(3)9-11-21)30(18-23-7-6-16-35-23)28(32)22-12-13-24(33-4)25(17-22)34-5/h6-13,16-17,19,26H,14-15,18H2,1-5H3,(H,29,31)/t26-/m0/s1. The highest BCUT2D eigenvalue weighted by Gasteiger charge is 2.33. The molecule has 35 heavy (non-hydrogen) atoms. The summed E-state index contributed by atoms with van der Waals surface area (Å²) in [7, 11) is 3.06. The van der Waals surface area contributed by atoms with Crippen molar-refractivity contribution < 1.29 is 23.5 Å². The van der Waals surface area contributed by atoms with Crippen molar-refractivity contribution in [3.63, 3.8) is 0 Å². The van der Waals surface area contributed by atoms with Crippen LogP contribution in [0.3, 0.4) is 0 Å². The van der Waals surface area contributed by atoms with E-state index in [2.05, 4.69) is 19.2 Å². The van der Waals surface area contributed by atoms with Crippen LogP contribution in [0.4, 0.5) is 0 Å². The highest BCUT2D eigenvalue weighted by molar-refractivity contribution is 5.98. The first-order valence-electron chi connectivity index (χ1n) is 11.7. The van der Waals surface area contributed by atoms with Crippen LogP contribution in [0.25, 0.3) is 0 Å². The van der Waals surface area contributed by atoms with Gasteiger partial charge < -0.3 is 24.1 Å². The summed E-state index contributed by atoms with van der Waals surface area (Å²) in [5.74, 6) is 1.40. The Morgan fingerprint density at radius 1 is 1.00 bits per heavy atom. The van der Waals surface area contributed by atoms with Crippen LogP contribution < -0.4 is 14.8 Å². The normalized spacial score (nSPS) is 11.7. The second-order valence-electron chi connectivity index (χ2n) is 8.87. The van der Waals surface area contributed by atoms with Crippen molar-refractivity contribution in [2.24, 2.45) is 5.92 Å². The lowest BCUT2D eigenvalue weighted by Crippen LogP contribution is -2.43. The minimum atomic E-state index is -0.853. The van der Waals surface area contributed by atoms with Crippen LogP contribution in [0, 0.1) is 12.8 Å². The molecule has 7 heteroatoms. The van der Waals surface area contributed by atoms with E-state index in [0.29, 0.717) is 35.3 Å². The first-order chi connectivity index (χ1) is 16.8. The average molecular weight is 479 g/mol. The Balaban J connectivity index is 2.04. The molecule has 0 fully saturated rings. The molecule has 7 nitrogen and oxygen atoms in total. The zero-order chi connectivity index (χ0) is 25.4. The van der Waals surface area contributed by atoms with Gasteiger partial charge in [-0.1, -0.05) is 43.7 Å². The Kier molecular flexibility index (Phi) is 8.95. The first-order valence-corrected chi connectivity index (χ1v) is 11.7. The fourth-order valence-electron chi connectivity index (χ4n) is 3.79. The summed E-state index contributed by atoms with van der Waals surface area (Å²) >= 11 is 0. The van der Waals surface area contributed by atoms with Crippen LogP contribution in [0.1, 0.15) is 53.6 Å². The smallest absolute Gasteiger partial charge is 0.255 e. The molecule has 0 aliphatic rings. The third-order valence-corrected chi connectivity index (χ3v) is 5.77. The lowest BCUT2D eigenvalue weighted by molar-refractivity contribution is -0.126. The molecule has 1 atom stereocenters. The van der Waals surface area contributed by atoms with E-state index in [0.717, 1.165) is 17.5 Å². The number of aryl methyl sites for hydroxylation is 1. The number of carbonyl (C=O) groups excluding carboxylic acids is 2. The van der Waals surface area contributed by atoms with Crippen LogP contribution in [-0.4, -0.2) is 37.5 Å². The Morgan fingerprint density at radius 3 is 2.31 bits per heavy atom. The van der Waals surface area contributed by atoms with E-state index < -0.39 is 6.04 Å². The summed E-state index contributed by atoms with van der Waals surface area (Å²) < 4.78 is 16.3. The topological polar surface area (TPSA) is 81.0 Å². The zero-order valence-corrected chi connectivity index (χ0v) is 21.0. The molecule has 0 saturated carbocycles. The second-order valence-corrected chi connectivity index (χ2v) is 8.87. The summed E-state index contributed by atoms with van der Waals surface area (Å²) in [6, 6.07) is 15.3. The number of ether oxygens (including phenoxy) is 2. The molecule has 1 heterocycles. The summed E-state index contributed by atoms with van der Waals surface area (Å²) in [5, 5.41) is 3.03. The van der Waals surface area contributed by atoms with E-state index in [9.17, 15) is 9.59 Å². The van der Waals surface area contributed by atoms with E-state index >= 15 is 0 Å². The van der Waals surface area contributed by atoms with E-state index in [1.807, 2.05) is 31.2 Å². The third-order valence-electron chi connectivity index (χ3n) is 5.77. The van der Waals surface area contributed by atoms with Crippen LogP contribution in [0.15, 0.2) is 65.3 Å². The number of furan rings is 1. The molecule has 0 aliphatic carbocycles. The minimum Gasteiger partial charge on any atom is -0.493 e. The van der Waals surface area contributed by atoms with Gasteiger partial charge in [0.1, 0.15) is 11.8 Å². The van der Waals surface area contributed by atoms with Crippen molar-refractivity contribution >= 4 is 11.8 Å². The molecule has 1 aromatic heterocycles. The summed E-state index contributed by atoms with van der Waals surface area (Å²) in [4.78, 5) is 29.0. The van der Waals surface area contributed by atoms with Gasteiger partial charge in [-0.15, -0.1) is 0 Å². The maximum Gasteiger partial charge on any atom is 0.255 e. The molecule has 3 aromatic rings. The van der Waals surface area contributed by atoms with Crippen molar-refractivity contribution in [1.29, 1.82) is 0 Å². The Hall–Kier alpha value is -3.74. The molecule has 0 aliphatic heterocycles. The molecular weight excluding hydrogens is 444 g/mol. The number of nitrogens with zero attached hydrogens (tertiary/aromatic N) is 1. The minimum absolute atomic E-state index is 0.121. The maximum absolute atomic E-state index is 13.9. The van der Waals surface area contributed by atoms with Gasteiger partial charge in [0, 0.05) is 12.1 Å². The van der Waals surface area contributed by atoms with E-state index in [4.69, 9.17) is 13.9 Å². The quantitative estimate of drug-likeness (QED) is 0.412. The summed E-state index contributed by atoms with van der Waals surface area (Å²) in [5.41, 5.74) is 2.16. The Bertz CT molecular complexity index is 1110. The molecule has 186 valence electrons. The Labute approximate surface area is 207 Å². The van der Waals surface area contributed by atoms with Gasteiger partial charge in [0.05, 0.1) is 27.0 Å².